The Morgan fingerprint density at radius 3 is 2.60 bits per heavy atom. The fraction of sp³-hybridized carbons (Fsp3) is 0.125. The van der Waals surface area contributed by atoms with Crippen LogP contribution >= 0.6 is 11.6 Å². The smallest absolute Gasteiger partial charge is 0.465 e. The second-order valence-electron chi connectivity index (χ2n) is 4.97. The SMILES string of the molecule is COC(=O)c1ccc2ncn(-c3ccc(OC(F)(F)F)c(Cl)c3)c2c1. The highest BCUT2D eigenvalue weighted by Crippen LogP contribution is 2.32. The van der Waals surface area contributed by atoms with E-state index in [0.29, 0.717) is 22.3 Å². The lowest BCUT2D eigenvalue weighted by Gasteiger charge is -2.12. The molecule has 0 atom stereocenters. The van der Waals surface area contributed by atoms with Gasteiger partial charge in [-0.25, -0.2) is 9.78 Å². The number of imidazole rings is 1. The largest absolute Gasteiger partial charge is 0.573 e. The number of esters is 1. The van der Waals surface area contributed by atoms with Gasteiger partial charge in [-0.1, -0.05) is 11.6 Å². The van der Waals surface area contributed by atoms with Gasteiger partial charge >= 0.3 is 12.3 Å². The zero-order chi connectivity index (χ0) is 18.2. The lowest BCUT2D eigenvalue weighted by molar-refractivity contribution is -0.274. The molecule has 0 radical (unpaired) electrons. The van der Waals surface area contributed by atoms with E-state index in [1.807, 2.05) is 0 Å². The summed E-state index contributed by atoms with van der Waals surface area (Å²) in [6, 6.07) is 8.61. The predicted octanol–water partition coefficient (Wildman–Crippen LogP) is 4.36. The van der Waals surface area contributed by atoms with E-state index < -0.39 is 18.1 Å². The molecule has 1 aromatic heterocycles. The van der Waals surface area contributed by atoms with Crippen molar-refractivity contribution < 1.29 is 27.4 Å². The average molecular weight is 371 g/mol. The van der Waals surface area contributed by atoms with Gasteiger partial charge in [0.15, 0.2) is 0 Å². The van der Waals surface area contributed by atoms with Crippen LogP contribution in [0.3, 0.4) is 0 Å². The summed E-state index contributed by atoms with van der Waals surface area (Å²) in [7, 11) is 1.27. The van der Waals surface area contributed by atoms with E-state index in [2.05, 4.69) is 14.5 Å². The van der Waals surface area contributed by atoms with Crippen LogP contribution in [-0.4, -0.2) is 29.0 Å². The summed E-state index contributed by atoms with van der Waals surface area (Å²) in [6.45, 7) is 0. The third-order valence-corrected chi connectivity index (χ3v) is 3.68. The van der Waals surface area contributed by atoms with E-state index in [-0.39, 0.29) is 5.02 Å². The molecule has 3 rings (SSSR count). The summed E-state index contributed by atoms with van der Waals surface area (Å²) in [5.74, 6) is -1.01. The van der Waals surface area contributed by atoms with Crippen LogP contribution in [0.25, 0.3) is 16.7 Å². The Bertz CT molecular complexity index is 953. The maximum absolute atomic E-state index is 12.3. The molecular formula is C16H10ClF3N2O3. The van der Waals surface area contributed by atoms with Gasteiger partial charge in [-0.2, -0.15) is 0 Å². The third kappa shape index (κ3) is 3.53. The fourth-order valence-electron chi connectivity index (χ4n) is 2.31. The second kappa shape index (κ2) is 6.29. The summed E-state index contributed by atoms with van der Waals surface area (Å²) in [4.78, 5) is 15.9. The molecule has 0 saturated carbocycles. The molecule has 0 N–H and O–H groups in total. The van der Waals surface area contributed by atoms with Crippen molar-refractivity contribution in [1.29, 1.82) is 0 Å². The molecule has 5 nitrogen and oxygen atoms in total. The Morgan fingerprint density at radius 2 is 1.96 bits per heavy atom. The number of carbonyl (C=O) groups excluding carboxylic acids is 1. The normalized spacial score (nSPS) is 11.6. The molecular weight excluding hydrogens is 361 g/mol. The number of halogens is 4. The van der Waals surface area contributed by atoms with Crippen LogP contribution in [0, 0.1) is 0 Å². The topological polar surface area (TPSA) is 53.3 Å². The number of ether oxygens (including phenoxy) is 2. The van der Waals surface area contributed by atoms with Crippen molar-refractivity contribution in [1.82, 2.24) is 9.55 Å². The number of methoxy groups -OCH3 is 1. The van der Waals surface area contributed by atoms with Gasteiger partial charge in [-0.3, -0.25) is 4.57 Å². The lowest BCUT2D eigenvalue weighted by atomic mass is 10.2. The molecule has 25 heavy (non-hydrogen) atoms. The van der Waals surface area contributed by atoms with Crippen molar-refractivity contribution >= 4 is 28.6 Å². The highest BCUT2D eigenvalue weighted by Gasteiger charge is 2.32. The van der Waals surface area contributed by atoms with Gasteiger partial charge in [0, 0.05) is 5.69 Å². The first-order valence-electron chi connectivity index (χ1n) is 6.89. The van der Waals surface area contributed by atoms with Crippen molar-refractivity contribution in [2.75, 3.05) is 7.11 Å². The molecule has 0 aliphatic carbocycles. The van der Waals surface area contributed by atoms with Crippen molar-refractivity contribution in [3.05, 3.63) is 53.3 Å². The predicted molar refractivity (Wildman–Crippen MR) is 84.1 cm³/mol. The molecule has 2 aromatic carbocycles. The molecule has 0 unspecified atom stereocenters. The van der Waals surface area contributed by atoms with E-state index in [1.165, 1.54) is 25.6 Å². The molecule has 1 heterocycles. The van der Waals surface area contributed by atoms with E-state index in [1.54, 1.807) is 22.8 Å². The van der Waals surface area contributed by atoms with Gasteiger partial charge in [0.25, 0.3) is 0 Å². The molecule has 0 amide bonds. The van der Waals surface area contributed by atoms with Gasteiger partial charge in [-0.05, 0) is 36.4 Å². The highest BCUT2D eigenvalue weighted by molar-refractivity contribution is 6.32. The Labute approximate surface area is 144 Å². The van der Waals surface area contributed by atoms with Crippen molar-refractivity contribution in [3.63, 3.8) is 0 Å². The van der Waals surface area contributed by atoms with Crippen LogP contribution in [0.2, 0.25) is 5.02 Å². The summed E-state index contributed by atoms with van der Waals surface area (Å²) >= 11 is 5.87. The maximum Gasteiger partial charge on any atom is 0.573 e. The van der Waals surface area contributed by atoms with E-state index >= 15 is 0 Å². The van der Waals surface area contributed by atoms with Crippen LogP contribution in [0.1, 0.15) is 10.4 Å². The highest BCUT2D eigenvalue weighted by atomic mass is 35.5. The Hall–Kier alpha value is -2.74. The molecule has 9 heteroatoms. The molecule has 130 valence electrons. The number of nitrogens with zero attached hydrogens (tertiary/aromatic N) is 2. The van der Waals surface area contributed by atoms with Crippen LogP contribution in [0.15, 0.2) is 42.7 Å². The number of hydrogen-bond donors (Lipinski definition) is 0. The first-order valence-corrected chi connectivity index (χ1v) is 7.27. The molecule has 0 spiro atoms. The van der Waals surface area contributed by atoms with Crippen LogP contribution < -0.4 is 4.74 Å². The Kier molecular flexibility index (Phi) is 4.30. The van der Waals surface area contributed by atoms with Gasteiger partial charge in [-0.15, -0.1) is 13.2 Å². The Morgan fingerprint density at radius 1 is 1.20 bits per heavy atom. The van der Waals surface area contributed by atoms with Gasteiger partial charge < -0.3 is 9.47 Å². The van der Waals surface area contributed by atoms with Gasteiger partial charge in [0.1, 0.15) is 12.1 Å². The summed E-state index contributed by atoms with van der Waals surface area (Å²) < 4.78 is 47.1. The molecule has 3 aromatic rings. The van der Waals surface area contributed by atoms with Crippen LogP contribution in [0.5, 0.6) is 5.75 Å². The van der Waals surface area contributed by atoms with Crippen molar-refractivity contribution in [2.45, 2.75) is 6.36 Å². The van der Waals surface area contributed by atoms with E-state index in [0.717, 1.165) is 6.07 Å². The number of hydrogen-bond acceptors (Lipinski definition) is 4. The minimum atomic E-state index is -4.83. The average Bonchev–Trinajstić information content (AvgIpc) is 2.98. The van der Waals surface area contributed by atoms with E-state index in [4.69, 9.17) is 11.6 Å². The maximum atomic E-state index is 12.3. The van der Waals surface area contributed by atoms with Gasteiger partial charge in [0.2, 0.25) is 0 Å². The van der Waals surface area contributed by atoms with Gasteiger partial charge in [0.05, 0.1) is 28.7 Å². The summed E-state index contributed by atoms with van der Waals surface area (Å²) in [6.07, 6.45) is -3.36. The quantitative estimate of drug-likeness (QED) is 0.643. The number of rotatable bonds is 3. The molecule has 0 saturated heterocycles. The molecule has 0 fully saturated rings. The number of aromatic nitrogens is 2. The lowest BCUT2D eigenvalue weighted by Crippen LogP contribution is -2.17. The molecule has 0 aliphatic heterocycles. The van der Waals surface area contributed by atoms with E-state index in [9.17, 15) is 18.0 Å². The minimum absolute atomic E-state index is 0.208. The first kappa shape index (κ1) is 17.1. The van der Waals surface area contributed by atoms with Crippen molar-refractivity contribution in [3.8, 4) is 11.4 Å². The number of alkyl halides is 3. The number of carbonyl (C=O) groups is 1. The standard InChI is InChI=1S/C16H10ClF3N2O3/c1-24-15(23)9-2-4-12-13(6-9)22(8-21-12)10-3-5-14(11(17)7-10)25-16(18,19)20/h2-8H,1H3. The van der Waals surface area contributed by atoms with Crippen molar-refractivity contribution in [2.24, 2.45) is 0 Å². The number of fused-ring (bicyclic) bond motifs is 1. The zero-order valence-electron chi connectivity index (χ0n) is 12.7. The minimum Gasteiger partial charge on any atom is -0.465 e. The fourth-order valence-corrected chi connectivity index (χ4v) is 2.52. The number of benzene rings is 2. The molecule has 0 bridgehead atoms. The third-order valence-electron chi connectivity index (χ3n) is 3.39. The summed E-state index contributed by atoms with van der Waals surface area (Å²) in [5, 5.41) is -0.208. The first-order chi connectivity index (χ1) is 11.8. The monoisotopic (exact) mass is 370 g/mol. The zero-order valence-corrected chi connectivity index (χ0v) is 13.4. The van der Waals surface area contributed by atoms with Crippen LogP contribution in [-0.2, 0) is 4.74 Å². The molecule has 0 aliphatic rings. The summed E-state index contributed by atoms with van der Waals surface area (Å²) in [5.41, 5.74) is 1.95. The second-order valence-corrected chi connectivity index (χ2v) is 5.38. The Balaban J connectivity index is 2.04. The van der Waals surface area contributed by atoms with Crippen LogP contribution in [0.4, 0.5) is 13.2 Å².